The summed E-state index contributed by atoms with van der Waals surface area (Å²) in [5, 5.41) is 2.63. The van der Waals surface area contributed by atoms with Crippen LogP contribution in [0.3, 0.4) is 0 Å². The van der Waals surface area contributed by atoms with Crippen LogP contribution in [0, 0.1) is 0 Å². The third kappa shape index (κ3) is 7.53. The first-order chi connectivity index (χ1) is 7.47. The third-order valence-corrected chi connectivity index (χ3v) is 2.43. The molecular weight excluding hydrogens is 226 g/mol. The molecule has 1 atom stereocenters. The van der Waals surface area contributed by atoms with Gasteiger partial charge in [-0.15, -0.1) is 0 Å². The molecule has 5 nitrogen and oxygen atoms in total. The van der Waals surface area contributed by atoms with Crippen LogP contribution >= 0.6 is 11.8 Å². The van der Waals surface area contributed by atoms with Crippen LogP contribution in [0.4, 0.5) is 0 Å². The molecule has 0 fully saturated rings. The van der Waals surface area contributed by atoms with Crippen molar-refractivity contribution in [3.8, 4) is 0 Å². The van der Waals surface area contributed by atoms with Crippen LogP contribution in [0.25, 0.3) is 0 Å². The number of carbonyl (C=O) groups excluding carboxylic acids is 2. The highest BCUT2D eigenvalue weighted by Gasteiger charge is 2.18. The zero-order valence-electron chi connectivity index (χ0n) is 10.3. The van der Waals surface area contributed by atoms with Gasteiger partial charge in [-0.1, -0.05) is 0 Å². The second kappa shape index (κ2) is 8.41. The number of thioether (sulfide) groups is 1. The summed E-state index contributed by atoms with van der Waals surface area (Å²) in [6, 6.07) is -0.293. The zero-order chi connectivity index (χ0) is 12.6. The molecule has 0 aromatic carbocycles. The Bertz CT molecular complexity index is 234. The van der Waals surface area contributed by atoms with Crippen LogP contribution in [-0.4, -0.2) is 35.9 Å². The monoisotopic (exact) mass is 247 g/mol. The van der Waals surface area contributed by atoms with Crippen LogP contribution in [0.15, 0.2) is 0 Å². The maximum absolute atomic E-state index is 11.7. The number of hydrogen-bond acceptors (Lipinski definition) is 4. The van der Waals surface area contributed by atoms with E-state index in [0.717, 1.165) is 5.75 Å². The summed E-state index contributed by atoms with van der Waals surface area (Å²) in [7, 11) is 0. The molecule has 1 unspecified atom stereocenters. The van der Waals surface area contributed by atoms with Gasteiger partial charge in [0.25, 0.3) is 5.91 Å². The molecular formula is C10H21N3O2S. The SMILES string of the molecule is CSCCC(NC(C)=O)C(=O)NNC(C)C. The fraction of sp³-hybridized carbons (Fsp3) is 0.800. The second-order valence-electron chi connectivity index (χ2n) is 3.82. The number of hydrazine groups is 1. The topological polar surface area (TPSA) is 70.2 Å². The van der Waals surface area contributed by atoms with Crippen molar-refractivity contribution in [2.24, 2.45) is 0 Å². The maximum Gasteiger partial charge on any atom is 0.256 e. The van der Waals surface area contributed by atoms with Gasteiger partial charge in [0.1, 0.15) is 6.04 Å². The summed E-state index contributed by atoms with van der Waals surface area (Å²) in [6.07, 6.45) is 2.60. The molecule has 6 heteroatoms. The van der Waals surface area contributed by atoms with Crippen molar-refractivity contribution in [1.29, 1.82) is 0 Å². The Kier molecular flexibility index (Phi) is 8.01. The van der Waals surface area contributed by atoms with E-state index in [9.17, 15) is 9.59 Å². The Morgan fingerprint density at radius 3 is 2.38 bits per heavy atom. The number of carbonyl (C=O) groups is 2. The summed E-state index contributed by atoms with van der Waals surface area (Å²) in [5.74, 6) is 0.448. The van der Waals surface area contributed by atoms with Gasteiger partial charge in [-0.25, -0.2) is 5.43 Å². The normalized spacial score (nSPS) is 12.3. The minimum Gasteiger partial charge on any atom is -0.344 e. The van der Waals surface area contributed by atoms with Gasteiger partial charge in [0.2, 0.25) is 5.91 Å². The Labute approximate surface area is 101 Å². The lowest BCUT2D eigenvalue weighted by Gasteiger charge is -2.18. The average molecular weight is 247 g/mol. The lowest BCUT2D eigenvalue weighted by atomic mass is 10.2. The van der Waals surface area contributed by atoms with E-state index in [2.05, 4.69) is 16.2 Å². The smallest absolute Gasteiger partial charge is 0.256 e. The fourth-order valence-electron chi connectivity index (χ4n) is 1.05. The predicted octanol–water partition coefficient (Wildman–Crippen LogP) is 0.273. The van der Waals surface area contributed by atoms with Crippen LogP contribution in [0.2, 0.25) is 0 Å². The minimum atomic E-state index is -0.462. The third-order valence-electron chi connectivity index (χ3n) is 1.79. The van der Waals surface area contributed by atoms with Crippen molar-refractivity contribution in [1.82, 2.24) is 16.2 Å². The first-order valence-electron chi connectivity index (χ1n) is 5.28. The van der Waals surface area contributed by atoms with Gasteiger partial charge in [-0.05, 0) is 32.3 Å². The van der Waals surface area contributed by atoms with Crippen LogP contribution in [-0.2, 0) is 9.59 Å². The highest BCUT2D eigenvalue weighted by Crippen LogP contribution is 2.00. The summed E-state index contributed by atoms with van der Waals surface area (Å²) in [5.41, 5.74) is 5.40. The van der Waals surface area contributed by atoms with Crippen molar-refractivity contribution < 1.29 is 9.59 Å². The van der Waals surface area contributed by atoms with Crippen molar-refractivity contribution in [3.05, 3.63) is 0 Å². The zero-order valence-corrected chi connectivity index (χ0v) is 11.1. The largest absolute Gasteiger partial charge is 0.344 e. The molecule has 0 bridgehead atoms. The molecule has 0 spiro atoms. The molecule has 0 aliphatic rings. The quantitative estimate of drug-likeness (QED) is 0.565. The van der Waals surface area contributed by atoms with Crippen molar-refractivity contribution >= 4 is 23.6 Å². The van der Waals surface area contributed by atoms with E-state index >= 15 is 0 Å². The van der Waals surface area contributed by atoms with Gasteiger partial charge in [-0.3, -0.25) is 15.0 Å². The van der Waals surface area contributed by atoms with E-state index in [0.29, 0.717) is 6.42 Å². The van der Waals surface area contributed by atoms with E-state index in [1.165, 1.54) is 6.92 Å². The molecule has 94 valence electrons. The molecule has 16 heavy (non-hydrogen) atoms. The van der Waals surface area contributed by atoms with Crippen molar-refractivity contribution in [3.63, 3.8) is 0 Å². The molecule has 0 aliphatic carbocycles. The van der Waals surface area contributed by atoms with E-state index in [4.69, 9.17) is 0 Å². The number of rotatable bonds is 7. The first-order valence-corrected chi connectivity index (χ1v) is 6.68. The van der Waals surface area contributed by atoms with Gasteiger partial charge >= 0.3 is 0 Å². The average Bonchev–Trinajstić information content (AvgIpc) is 2.20. The number of hydrogen-bond donors (Lipinski definition) is 3. The van der Waals surface area contributed by atoms with E-state index in [-0.39, 0.29) is 17.9 Å². The number of amides is 2. The van der Waals surface area contributed by atoms with Crippen LogP contribution in [0.5, 0.6) is 0 Å². The van der Waals surface area contributed by atoms with Crippen LogP contribution < -0.4 is 16.2 Å². The molecule has 0 aromatic rings. The number of nitrogens with one attached hydrogen (secondary N) is 3. The summed E-state index contributed by atoms with van der Waals surface area (Å²) in [4.78, 5) is 22.6. The highest BCUT2D eigenvalue weighted by atomic mass is 32.2. The molecule has 2 amide bonds. The Morgan fingerprint density at radius 2 is 1.94 bits per heavy atom. The molecule has 0 aromatic heterocycles. The van der Waals surface area contributed by atoms with Crippen LogP contribution in [0.1, 0.15) is 27.2 Å². The molecule has 0 rings (SSSR count). The highest BCUT2D eigenvalue weighted by molar-refractivity contribution is 7.98. The Balaban J connectivity index is 4.14. The fourth-order valence-corrected chi connectivity index (χ4v) is 1.52. The molecule has 0 radical (unpaired) electrons. The van der Waals surface area contributed by atoms with Gasteiger partial charge in [-0.2, -0.15) is 11.8 Å². The predicted molar refractivity (Wildman–Crippen MR) is 67.0 cm³/mol. The van der Waals surface area contributed by atoms with E-state index in [1.807, 2.05) is 20.1 Å². The molecule has 0 heterocycles. The molecule has 3 N–H and O–H groups in total. The summed E-state index contributed by atoms with van der Waals surface area (Å²) < 4.78 is 0. The Morgan fingerprint density at radius 1 is 1.31 bits per heavy atom. The van der Waals surface area contributed by atoms with E-state index < -0.39 is 6.04 Å². The maximum atomic E-state index is 11.7. The van der Waals surface area contributed by atoms with Gasteiger partial charge < -0.3 is 5.32 Å². The molecule has 0 saturated carbocycles. The summed E-state index contributed by atoms with van der Waals surface area (Å²) >= 11 is 1.65. The minimum absolute atomic E-state index is 0.169. The molecule has 0 aliphatic heterocycles. The van der Waals surface area contributed by atoms with Crippen molar-refractivity contribution in [2.75, 3.05) is 12.0 Å². The lowest BCUT2D eigenvalue weighted by Crippen LogP contribution is -2.52. The first kappa shape index (κ1) is 15.2. The van der Waals surface area contributed by atoms with Gasteiger partial charge in [0.15, 0.2) is 0 Å². The van der Waals surface area contributed by atoms with Gasteiger partial charge in [0, 0.05) is 13.0 Å². The second-order valence-corrected chi connectivity index (χ2v) is 4.81. The summed E-state index contributed by atoms with van der Waals surface area (Å²) in [6.45, 7) is 5.26. The molecule has 0 saturated heterocycles. The Hall–Kier alpha value is -0.750. The van der Waals surface area contributed by atoms with E-state index in [1.54, 1.807) is 11.8 Å². The van der Waals surface area contributed by atoms with Crippen molar-refractivity contribution in [2.45, 2.75) is 39.3 Å². The standard InChI is InChI=1S/C10H21N3O2S/c1-7(2)12-13-10(15)9(5-6-16-4)11-8(3)14/h7,9,12H,5-6H2,1-4H3,(H,11,14)(H,13,15). The van der Waals surface area contributed by atoms with Gasteiger partial charge in [0.05, 0.1) is 0 Å². The lowest BCUT2D eigenvalue weighted by molar-refractivity contribution is -0.128.